The number of benzene rings is 1. The molecular formula is C24H26FN5O5S. The van der Waals surface area contributed by atoms with Crippen molar-refractivity contribution in [3.63, 3.8) is 0 Å². The summed E-state index contributed by atoms with van der Waals surface area (Å²) < 4.78 is 21.5. The molecule has 36 heavy (non-hydrogen) atoms. The highest BCUT2D eigenvalue weighted by atomic mass is 32.2. The van der Waals surface area contributed by atoms with E-state index in [0.29, 0.717) is 21.9 Å². The van der Waals surface area contributed by atoms with E-state index < -0.39 is 36.4 Å². The van der Waals surface area contributed by atoms with E-state index in [2.05, 4.69) is 20.3 Å². The lowest BCUT2D eigenvalue weighted by Gasteiger charge is -2.29. The first-order valence-electron chi connectivity index (χ1n) is 12.0. The molecule has 3 heterocycles. The lowest BCUT2D eigenvalue weighted by atomic mass is 9.84. The number of anilines is 1. The summed E-state index contributed by atoms with van der Waals surface area (Å²) in [5.41, 5.74) is 0.820. The smallest absolute Gasteiger partial charge is 0.308 e. The molecule has 3 aliphatic rings. The van der Waals surface area contributed by atoms with Gasteiger partial charge in [-0.05, 0) is 43.2 Å². The van der Waals surface area contributed by atoms with Crippen LogP contribution in [0.1, 0.15) is 25.5 Å². The summed E-state index contributed by atoms with van der Waals surface area (Å²) in [6.07, 6.45) is 1.51. The first kappa shape index (κ1) is 23.6. The Bertz CT molecular complexity index is 1290. The van der Waals surface area contributed by atoms with E-state index in [1.54, 1.807) is 22.8 Å². The number of ether oxygens (including phenoxy) is 1. The summed E-state index contributed by atoms with van der Waals surface area (Å²) in [6, 6.07) is 6.11. The van der Waals surface area contributed by atoms with Gasteiger partial charge in [-0.25, -0.2) is 19.3 Å². The van der Waals surface area contributed by atoms with Gasteiger partial charge in [-0.15, -0.1) is 11.8 Å². The fourth-order valence-corrected chi connectivity index (χ4v) is 6.99. The Balaban J connectivity index is 1.22. The highest BCUT2D eigenvalue weighted by Gasteiger charge is 2.51. The topological polar surface area (TPSA) is 143 Å². The monoisotopic (exact) mass is 515 g/mol. The van der Waals surface area contributed by atoms with Gasteiger partial charge in [0.25, 0.3) is 0 Å². The Labute approximate surface area is 209 Å². The molecule has 1 aliphatic heterocycles. The molecule has 3 fully saturated rings. The molecule has 0 spiro atoms. The SMILES string of the molecule is O=C(O)C1C2CCC(C2)C1Nc1ncnc2c1ncn2C1O[C@H](CSc2ccccc2F)[C@@H](O)[C@H]1O. The summed E-state index contributed by atoms with van der Waals surface area (Å²) in [6.45, 7) is 0. The van der Waals surface area contributed by atoms with Gasteiger partial charge in [-0.3, -0.25) is 9.36 Å². The number of nitrogens with zero attached hydrogens (tertiary/aromatic N) is 4. The van der Waals surface area contributed by atoms with Crippen molar-refractivity contribution in [2.24, 2.45) is 17.8 Å². The van der Waals surface area contributed by atoms with Crippen molar-refractivity contribution >= 4 is 34.7 Å². The van der Waals surface area contributed by atoms with Gasteiger partial charge in [0.05, 0.1) is 18.3 Å². The van der Waals surface area contributed by atoms with Crippen LogP contribution >= 0.6 is 11.8 Å². The molecule has 190 valence electrons. The van der Waals surface area contributed by atoms with Crippen molar-refractivity contribution in [3.05, 3.63) is 42.7 Å². The van der Waals surface area contributed by atoms with Crippen LogP contribution in [0.2, 0.25) is 0 Å². The number of aliphatic hydroxyl groups excluding tert-OH is 2. The average Bonchev–Trinajstić information content (AvgIpc) is 3.64. The first-order valence-corrected chi connectivity index (χ1v) is 13.0. The lowest BCUT2D eigenvalue weighted by Crippen LogP contribution is -2.39. The highest BCUT2D eigenvalue weighted by molar-refractivity contribution is 7.99. The molecule has 0 radical (unpaired) electrons. The lowest BCUT2D eigenvalue weighted by molar-refractivity contribution is -0.143. The summed E-state index contributed by atoms with van der Waals surface area (Å²) in [5.74, 6) is -0.517. The number of hydrogen-bond donors (Lipinski definition) is 4. The molecule has 8 atom stereocenters. The molecule has 2 bridgehead atoms. The maximum atomic E-state index is 14.0. The van der Waals surface area contributed by atoms with Crippen LogP contribution < -0.4 is 5.32 Å². The number of rotatable bonds is 7. The Morgan fingerprint density at radius 1 is 1.17 bits per heavy atom. The van der Waals surface area contributed by atoms with Crippen molar-refractivity contribution in [1.82, 2.24) is 19.5 Å². The summed E-state index contributed by atoms with van der Waals surface area (Å²) >= 11 is 1.20. The normalized spacial score (nSPS) is 33.4. The molecule has 6 rings (SSSR count). The summed E-state index contributed by atoms with van der Waals surface area (Å²) in [4.78, 5) is 25.4. The number of aromatic nitrogens is 4. The first-order chi connectivity index (χ1) is 17.4. The van der Waals surface area contributed by atoms with Gasteiger partial charge in [0.15, 0.2) is 23.2 Å². The van der Waals surface area contributed by atoms with E-state index >= 15 is 0 Å². The number of aliphatic carboxylic acids is 1. The van der Waals surface area contributed by atoms with Crippen LogP contribution in [0.15, 0.2) is 41.8 Å². The third-order valence-corrected chi connectivity index (χ3v) is 8.85. The zero-order chi connectivity index (χ0) is 25.0. The van der Waals surface area contributed by atoms with Crippen molar-refractivity contribution in [3.8, 4) is 0 Å². The van der Waals surface area contributed by atoms with Crippen molar-refractivity contribution < 1.29 is 29.2 Å². The number of thioether (sulfide) groups is 1. The number of aliphatic hydroxyl groups is 2. The molecule has 10 nitrogen and oxygen atoms in total. The minimum Gasteiger partial charge on any atom is -0.481 e. The number of nitrogens with one attached hydrogen (secondary N) is 1. The van der Waals surface area contributed by atoms with Crippen molar-refractivity contribution in [1.29, 1.82) is 0 Å². The second-order valence-corrected chi connectivity index (χ2v) is 10.8. The molecule has 3 aromatic rings. The van der Waals surface area contributed by atoms with Gasteiger partial charge in [-0.1, -0.05) is 12.1 Å². The van der Waals surface area contributed by atoms with Crippen LogP contribution in [0.4, 0.5) is 10.2 Å². The van der Waals surface area contributed by atoms with Crippen LogP contribution in [0, 0.1) is 23.6 Å². The third-order valence-electron chi connectivity index (χ3n) is 7.71. The molecule has 0 amide bonds. The quantitative estimate of drug-likeness (QED) is 0.346. The van der Waals surface area contributed by atoms with Gasteiger partial charge in [0.2, 0.25) is 0 Å². The number of hydrogen-bond acceptors (Lipinski definition) is 9. The molecule has 2 saturated carbocycles. The molecule has 12 heteroatoms. The van der Waals surface area contributed by atoms with E-state index in [1.807, 2.05) is 0 Å². The molecular weight excluding hydrogens is 489 g/mol. The van der Waals surface area contributed by atoms with Crippen LogP contribution in [-0.2, 0) is 9.53 Å². The number of halogens is 1. The molecule has 1 saturated heterocycles. The second-order valence-electron chi connectivity index (χ2n) is 9.70. The zero-order valence-corrected chi connectivity index (χ0v) is 20.0. The molecule has 4 N–H and O–H groups in total. The van der Waals surface area contributed by atoms with Gasteiger partial charge in [-0.2, -0.15) is 0 Å². The van der Waals surface area contributed by atoms with E-state index in [4.69, 9.17) is 4.74 Å². The summed E-state index contributed by atoms with van der Waals surface area (Å²) in [5, 5.41) is 34.5. The number of carboxylic acid groups (broad SMARTS) is 1. The second kappa shape index (κ2) is 9.25. The largest absolute Gasteiger partial charge is 0.481 e. The van der Waals surface area contributed by atoms with Crippen LogP contribution in [0.5, 0.6) is 0 Å². The average molecular weight is 516 g/mol. The standard InChI is InChI=1S/C24H26FN5O5S/c25-13-3-1-2-4-15(13)36-8-14-19(31)20(32)23(35-14)30-10-28-18-21(26-9-27-22(18)30)29-17-12-6-5-11(7-12)16(17)24(33)34/h1-4,9-12,14,16-17,19-20,23,31-32H,5-8H2,(H,33,34)(H,26,27,29)/t11?,12?,14-,16?,17?,19-,20-,23?/m1/s1. The zero-order valence-electron chi connectivity index (χ0n) is 19.1. The fourth-order valence-electron chi connectivity index (χ4n) is 5.99. The Kier molecular flexibility index (Phi) is 6.06. The van der Waals surface area contributed by atoms with E-state index in [0.717, 1.165) is 19.3 Å². The van der Waals surface area contributed by atoms with Gasteiger partial charge >= 0.3 is 5.97 Å². The van der Waals surface area contributed by atoms with Crippen LogP contribution in [0.25, 0.3) is 11.2 Å². The van der Waals surface area contributed by atoms with Crippen molar-refractivity contribution in [2.75, 3.05) is 11.1 Å². The molecule has 2 aromatic heterocycles. The third kappa shape index (κ3) is 3.92. The van der Waals surface area contributed by atoms with Crippen LogP contribution in [-0.4, -0.2) is 70.9 Å². The van der Waals surface area contributed by atoms with Crippen molar-refractivity contribution in [2.45, 2.75) is 54.7 Å². The highest BCUT2D eigenvalue weighted by Crippen LogP contribution is 2.49. The van der Waals surface area contributed by atoms with E-state index in [9.17, 15) is 24.5 Å². The van der Waals surface area contributed by atoms with Gasteiger partial charge < -0.3 is 25.4 Å². The minimum absolute atomic E-state index is 0.169. The number of imidazole rings is 1. The predicted octanol–water partition coefficient (Wildman–Crippen LogP) is 2.29. The maximum Gasteiger partial charge on any atom is 0.308 e. The van der Waals surface area contributed by atoms with Gasteiger partial charge in [0.1, 0.15) is 24.4 Å². The van der Waals surface area contributed by atoms with Gasteiger partial charge in [0, 0.05) is 16.7 Å². The maximum absolute atomic E-state index is 14.0. The minimum atomic E-state index is -1.25. The molecule has 2 aliphatic carbocycles. The Hall–Kier alpha value is -2.80. The summed E-state index contributed by atoms with van der Waals surface area (Å²) in [7, 11) is 0. The van der Waals surface area contributed by atoms with E-state index in [1.165, 1.54) is 30.5 Å². The van der Waals surface area contributed by atoms with Crippen LogP contribution in [0.3, 0.4) is 0 Å². The fraction of sp³-hybridized carbons (Fsp3) is 0.500. The Morgan fingerprint density at radius 2 is 1.97 bits per heavy atom. The van der Waals surface area contributed by atoms with E-state index in [-0.39, 0.29) is 29.4 Å². The predicted molar refractivity (Wildman–Crippen MR) is 128 cm³/mol. The number of carboxylic acids is 1. The molecule has 1 aromatic carbocycles. The number of fused-ring (bicyclic) bond motifs is 3. The Morgan fingerprint density at radius 3 is 2.78 bits per heavy atom. The molecule has 5 unspecified atom stereocenters. The number of carbonyl (C=O) groups is 1.